The Bertz CT molecular complexity index is 508. The first-order valence-corrected chi connectivity index (χ1v) is 7.64. The monoisotopic (exact) mass is 293 g/mol. The van der Waals surface area contributed by atoms with Crippen molar-refractivity contribution in [2.24, 2.45) is 0 Å². The molecule has 0 aromatic heterocycles. The van der Waals surface area contributed by atoms with Crippen molar-refractivity contribution in [3.05, 3.63) is 70.2 Å². The van der Waals surface area contributed by atoms with E-state index in [1.165, 1.54) is 11.1 Å². The van der Waals surface area contributed by atoms with E-state index < -0.39 is 0 Å². The number of halogens is 1. The van der Waals surface area contributed by atoms with Crippen molar-refractivity contribution in [1.29, 1.82) is 0 Å². The van der Waals surface area contributed by atoms with Crippen molar-refractivity contribution < 1.29 is 0 Å². The van der Waals surface area contributed by atoms with Gasteiger partial charge in [-0.2, -0.15) is 0 Å². The number of aryl methyl sites for hydroxylation is 1. The zero-order chi connectivity index (χ0) is 13.0. The molecule has 1 unspecified atom stereocenters. The summed E-state index contributed by atoms with van der Waals surface area (Å²) < 4.78 is 0.00000283. The van der Waals surface area contributed by atoms with Gasteiger partial charge in [0, 0.05) is 10.8 Å². The Kier molecular flexibility index (Phi) is 5.04. The third-order valence-electron chi connectivity index (χ3n) is 2.68. The Morgan fingerprint density at radius 3 is 2.44 bits per heavy atom. The van der Waals surface area contributed by atoms with Crippen LogP contribution in [0.4, 0.5) is 0 Å². The second-order valence-electron chi connectivity index (χ2n) is 4.15. The molecule has 1 atom stereocenters. The van der Waals surface area contributed by atoms with Crippen LogP contribution in [0.5, 0.6) is 0 Å². The third-order valence-corrected chi connectivity index (χ3v) is 4.74. The van der Waals surface area contributed by atoms with E-state index in [-0.39, 0.29) is 4.58 Å². The van der Waals surface area contributed by atoms with Gasteiger partial charge in [0.2, 0.25) is 0 Å². The van der Waals surface area contributed by atoms with E-state index in [0.717, 1.165) is 16.3 Å². The maximum Gasteiger partial charge on any atom is 0.0873 e. The molecule has 18 heavy (non-hydrogen) atoms. The van der Waals surface area contributed by atoms with Crippen LogP contribution in [0.1, 0.15) is 21.3 Å². The molecular weight excluding hydrogens is 280 g/mol. The van der Waals surface area contributed by atoms with Crippen LogP contribution >= 0.6 is 36.0 Å². The first-order valence-electron chi connectivity index (χ1n) is 5.74. The van der Waals surface area contributed by atoms with Gasteiger partial charge in [-0.05, 0) is 24.1 Å². The molecule has 0 spiro atoms. The molecule has 0 bridgehead atoms. The number of rotatable bonds is 4. The van der Waals surface area contributed by atoms with Crippen molar-refractivity contribution in [2.45, 2.75) is 17.3 Å². The van der Waals surface area contributed by atoms with E-state index in [9.17, 15) is 0 Å². The van der Waals surface area contributed by atoms with Crippen LogP contribution in [0.3, 0.4) is 0 Å². The van der Waals surface area contributed by atoms with Crippen molar-refractivity contribution in [3.8, 4) is 0 Å². The van der Waals surface area contributed by atoms with Gasteiger partial charge in [0.1, 0.15) is 0 Å². The van der Waals surface area contributed by atoms with Crippen LogP contribution in [0.25, 0.3) is 0 Å². The first-order chi connectivity index (χ1) is 8.66. The zero-order valence-electron chi connectivity index (χ0n) is 10.1. The molecular formula is C15H14ClS2. The Morgan fingerprint density at radius 1 is 1.11 bits per heavy atom. The molecule has 1 radical (unpaired) electrons. The number of hydrogen-bond acceptors (Lipinski definition) is 1. The van der Waals surface area contributed by atoms with Crippen LogP contribution in [-0.4, -0.2) is 0 Å². The van der Waals surface area contributed by atoms with E-state index in [2.05, 4.69) is 31.2 Å². The molecule has 0 saturated heterocycles. The van der Waals surface area contributed by atoms with Gasteiger partial charge in [-0.1, -0.05) is 72.3 Å². The fraction of sp³-hybridized carbons (Fsp3) is 0.200. The Morgan fingerprint density at radius 2 is 1.78 bits per heavy atom. The van der Waals surface area contributed by atoms with Gasteiger partial charge in [0.15, 0.2) is 0 Å². The lowest BCUT2D eigenvalue weighted by Crippen LogP contribution is -1.89. The maximum atomic E-state index is 6.14. The molecule has 2 aromatic rings. The van der Waals surface area contributed by atoms with Crippen molar-refractivity contribution in [3.63, 3.8) is 0 Å². The summed E-state index contributed by atoms with van der Waals surface area (Å²) >= 11 is 13.4. The highest BCUT2D eigenvalue weighted by atomic mass is 35.5. The fourth-order valence-corrected chi connectivity index (χ4v) is 3.32. The lowest BCUT2D eigenvalue weighted by molar-refractivity contribution is 1.33. The smallest absolute Gasteiger partial charge is 0.0873 e. The minimum Gasteiger partial charge on any atom is -0.137 e. The van der Waals surface area contributed by atoms with Gasteiger partial charge in [-0.3, -0.25) is 0 Å². The quantitative estimate of drug-likeness (QED) is 0.689. The molecule has 0 fully saturated rings. The molecule has 2 aromatic carbocycles. The molecule has 0 amide bonds. The summed E-state index contributed by atoms with van der Waals surface area (Å²) in [4.78, 5) is 0. The molecule has 3 heteroatoms. The zero-order valence-corrected chi connectivity index (χ0v) is 12.5. The van der Waals surface area contributed by atoms with E-state index in [1.54, 1.807) is 11.8 Å². The highest BCUT2D eigenvalue weighted by molar-refractivity contribution is 8.09. The van der Waals surface area contributed by atoms with E-state index in [1.807, 2.05) is 24.3 Å². The second kappa shape index (κ2) is 6.55. The summed E-state index contributed by atoms with van der Waals surface area (Å²) in [7, 11) is 0. The first kappa shape index (κ1) is 13.9. The van der Waals surface area contributed by atoms with Gasteiger partial charge in [-0.25, -0.2) is 0 Å². The van der Waals surface area contributed by atoms with Crippen LogP contribution < -0.4 is 0 Å². The maximum absolute atomic E-state index is 6.14. The Labute approximate surface area is 123 Å². The molecule has 2 rings (SSSR count). The summed E-state index contributed by atoms with van der Waals surface area (Å²) in [6, 6.07) is 16.4. The number of hydrogen-bond donors (Lipinski definition) is 0. The second-order valence-corrected chi connectivity index (χ2v) is 6.42. The van der Waals surface area contributed by atoms with Crippen molar-refractivity contribution >= 4 is 36.0 Å². The summed E-state index contributed by atoms with van der Waals surface area (Å²) in [5, 5.41) is 0.758. The number of thioether (sulfide) groups is 1. The van der Waals surface area contributed by atoms with Crippen molar-refractivity contribution in [2.75, 3.05) is 0 Å². The van der Waals surface area contributed by atoms with E-state index in [0.29, 0.717) is 0 Å². The average molecular weight is 294 g/mol. The Hall–Kier alpha value is -0.570. The molecule has 0 saturated carbocycles. The predicted molar refractivity (Wildman–Crippen MR) is 84.3 cm³/mol. The third kappa shape index (κ3) is 3.71. The van der Waals surface area contributed by atoms with Crippen LogP contribution in [0.2, 0.25) is 5.02 Å². The van der Waals surface area contributed by atoms with E-state index in [4.69, 9.17) is 24.2 Å². The summed E-state index contributed by atoms with van der Waals surface area (Å²) in [6.07, 6.45) is 0. The topological polar surface area (TPSA) is 0 Å². The van der Waals surface area contributed by atoms with Crippen LogP contribution in [-0.2, 0) is 5.75 Å². The average Bonchev–Trinajstić information content (AvgIpc) is 2.38. The summed E-state index contributed by atoms with van der Waals surface area (Å²) in [5.41, 5.74) is 3.61. The highest BCUT2D eigenvalue weighted by Gasteiger charge is 2.11. The van der Waals surface area contributed by atoms with Crippen LogP contribution in [0.15, 0.2) is 48.5 Å². The normalized spacial score (nSPS) is 12.4. The fourth-order valence-electron chi connectivity index (χ4n) is 1.61. The molecule has 0 nitrogen and oxygen atoms in total. The molecule has 0 aliphatic rings. The Balaban J connectivity index is 1.98. The standard InChI is InChI=1S/C15H14ClS2/c1-11-6-8-12(9-7-11)10-18-15(17)13-4-2-3-5-14(13)16/h2-9,15H,10H2,1H3. The molecule has 0 N–H and O–H groups in total. The van der Waals surface area contributed by atoms with Crippen molar-refractivity contribution in [1.82, 2.24) is 0 Å². The minimum atomic E-state index is 0.00000283. The molecule has 0 aliphatic carbocycles. The molecule has 93 valence electrons. The predicted octanol–water partition coefficient (Wildman–Crippen LogP) is 5.78. The largest absolute Gasteiger partial charge is 0.137 e. The van der Waals surface area contributed by atoms with Gasteiger partial charge >= 0.3 is 0 Å². The lowest BCUT2D eigenvalue weighted by Gasteiger charge is -2.11. The number of benzene rings is 2. The van der Waals surface area contributed by atoms with Gasteiger partial charge in [0.25, 0.3) is 0 Å². The molecule has 0 aliphatic heterocycles. The van der Waals surface area contributed by atoms with Crippen LogP contribution in [0, 0.1) is 6.92 Å². The van der Waals surface area contributed by atoms with Gasteiger partial charge < -0.3 is 0 Å². The van der Waals surface area contributed by atoms with Gasteiger partial charge in [0.05, 0.1) is 4.58 Å². The summed E-state index contributed by atoms with van der Waals surface area (Å²) in [6.45, 7) is 2.09. The minimum absolute atomic E-state index is 0.00000283. The SMILES string of the molecule is Cc1ccc(CSC([S])c2ccccc2Cl)cc1. The van der Waals surface area contributed by atoms with E-state index >= 15 is 0 Å². The summed E-state index contributed by atoms with van der Waals surface area (Å²) in [5.74, 6) is 0.916. The molecule has 0 heterocycles. The highest BCUT2D eigenvalue weighted by Crippen LogP contribution is 2.38. The van der Waals surface area contributed by atoms with Gasteiger partial charge in [-0.15, -0.1) is 11.8 Å². The lowest BCUT2D eigenvalue weighted by atomic mass is 10.2.